The van der Waals surface area contributed by atoms with E-state index in [0.29, 0.717) is 17.7 Å². The Labute approximate surface area is 144 Å². The van der Waals surface area contributed by atoms with Gasteiger partial charge in [-0.3, -0.25) is 9.59 Å². The maximum absolute atomic E-state index is 12.4. The zero-order valence-electron chi connectivity index (χ0n) is 13.0. The number of benzene rings is 2. The molecule has 2 rings (SSSR count). The number of halogens is 1. The number of hydrogen-bond acceptors (Lipinski definition) is 3. The average Bonchev–Trinajstić information content (AvgIpc) is 2.55. The third kappa shape index (κ3) is 4.66. The van der Waals surface area contributed by atoms with E-state index in [1.807, 2.05) is 30.3 Å². The summed E-state index contributed by atoms with van der Waals surface area (Å²) in [5.74, 6) is 0.193. The predicted molar refractivity (Wildman–Crippen MR) is 92.8 cm³/mol. The van der Waals surface area contributed by atoms with Crippen LogP contribution in [0, 0.1) is 0 Å². The smallest absolute Gasteiger partial charge is 0.252 e. The van der Waals surface area contributed by atoms with Crippen molar-refractivity contribution >= 4 is 27.6 Å². The second kappa shape index (κ2) is 7.92. The van der Waals surface area contributed by atoms with Crippen molar-refractivity contribution in [1.29, 1.82) is 0 Å². The molecule has 2 aromatic rings. The Morgan fingerprint density at radius 3 is 2.48 bits per heavy atom. The van der Waals surface area contributed by atoms with Gasteiger partial charge in [0.15, 0.2) is 5.78 Å². The zero-order valence-corrected chi connectivity index (χ0v) is 14.6. The monoisotopic (exact) mass is 375 g/mol. The van der Waals surface area contributed by atoms with Crippen molar-refractivity contribution in [2.45, 2.75) is 19.4 Å². The molecule has 1 N–H and O–H groups in total. The Morgan fingerprint density at radius 2 is 1.87 bits per heavy atom. The molecule has 0 fully saturated rings. The lowest BCUT2D eigenvalue weighted by Gasteiger charge is -2.16. The molecule has 0 saturated carbocycles. The van der Waals surface area contributed by atoms with Crippen LogP contribution in [0.3, 0.4) is 0 Å². The van der Waals surface area contributed by atoms with Gasteiger partial charge in [0.25, 0.3) is 5.91 Å². The van der Waals surface area contributed by atoms with Gasteiger partial charge in [-0.2, -0.15) is 0 Å². The van der Waals surface area contributed by atoms with E-state index in [1.165, 1.54) is 14.0 Å². The van der Waals surface area contributed by atoms with Crippen LogP contribution in [0.25, 0.3) is 0 Å². The van der Waals surface area contributed by atoms with Gasteiger partial charge in [0, 0.05) is 5.56 Å². The molecule has 0 radical (unpaired) electrons. The number of nitrogens with one attached hydrogen (secondary N) is 1. The Morgan fingerprint density at radius 1 is 1.17 bits per heavy atom. The Bertz CT molecular complexity index is 701. The molecule has 0 aromatic heterocycles. The lowest BCUT2D eigenvalue weighted by molar-refractivity contribution is -0.118. The van der Waals surface area contributed by atoms with Crippen LogP contribution in [0.5, 0.6) is 5.75 Å². The van der Waals surface area contributed by atoms with Crippen LogP contribution < -0.4 is 10.1 Å². The van der Waals surface area contributed by atoms with Crippen molar-refractivity contribution in [3.05, 3.63) is 64.1 Å². The number of Topliss-reactive ketones (excluding diaryl/α,β-unsaturated/α-hetero) is 1. The van der Waals surface area contributed by atoms with Crippen molar-refractivity contribution in [3.63, 3.8) is 0 Å². The first-order chi connectivity index (χ1) is 11.0. The number of hydrogen-bond donors (Lipinski definition) is 1. The second-order valence-corrected chi connectivity index (χ2v) is 6.03. The van der Waals surface area contributed by atoms with E-state index < -0.39 is 6.04 Å². The highest BCUT2D eigenvalue weighted by Crippen LogP contribution is 2.25. The minimum Gasteiger partial charge on any atom is -0.496 e. The number of carbonyl (C=O) groups excluding carboxylic acids is 2. The zero-order chi connectivity index (χ0) is 16.8. The molecule has 0 unspecified atom stereocenters. The fraction of sp³-hybridized carbons (Fsp3) is 0.222. The highest BCUT2D eigenvalue weighted by molar-refractivity contribution is 9.10. The molecule has 23 heavy (non-hydrogen) atoms. The summed E-state index contributed by atoms with van der Waals surface area (Å²) in [4.78, 5) is 24.2. The topological polar surface area (TPSA) is 55.4 Å². The second-order valence-electron chi connectivity index (χ2n) is 5.18. The van der Waals surface area contributed by atoms with Crippen LogP contribution in [0.4, 0.5) is 0 Å². The highest BCUT2D eigenvalue weighted by Gasteiger charge is 2.19. The van der Waals surface area contributed by atoms with Gasteiger partial charge < -0.3 is 10.1 Å². The molecule has 2 aromatic carbocycles. The first-order valence-corrected chi connectivity index (χ1v) is 7.99. The van der Waals surface area contributed by atoms with Crippen LogP contribution in [0.15, 0.2) is 53.0 Å². The van der Waals surface area contributed by atoms with E-state index in [-0.39, 0.29) is 11.7 Å². The van der Waals surface area contributed by atoms with E-state index in [9.17, 15) is 9.59 Å². The lowest BCUT2D eigenvalue weighted by Crippen LogP contribution is -2.41. The quantitative estimate of drug-likeness (QED) is 0.841. The SMILES string of the molecule is COc1cc(C(=O)N[C@@H](Cc2ccccc2)C(C)=O)ccc1Br. The number of carbonyl (C=O) groups is 2. The summed E-state index contributed by atoms with van der Waals surface area (Å²) in [6.45, 7) is 1.48. The summed E-state index contributed by atoms with van der Waals surface area (Å²) in [5, 5.41) is 2.79. The van der Waals surface area contributed by atoms with E-state index in [2.05, 4.69) is 21.2 Å². The molecule has 0 aliphatic heterocycles. The van der Waals surface area contributed by atoms with Gasteiger partial charge in [0.05, 0.1) is 17.6 Å². The molecule has 120 valence electrons. The largest absolute Gasteiger partial charge is 0.496 e. The normalized spacial score (nSPS) is 11.6. The van der Waals surface area contributed by atoms with Crippen LogP contribution >= 0.6 is 15.9 Å². The third-order valence-corrected chi connectivity index (χ3v) is 4.15. The van der Waals surface area contributed by atoms with Gasteiger partial charge in [-0.15, -0.1) is 0 Å². The summed E-state index contributed by atoms with van der Waals surface area (Å²) in [5.41, 5.74) is 1.45. The fourth-order valence-electron chi connectivity index (χ4n) is 2.19. The molecular formula is C18H18BrNO3. The first kappa shape index (κ1) is 17.2. The number of amides is 1. The van der Waals surface area contributed by atoms with Crippen molar-refractivity contribution in [3.8, 4) is 5.75 Å². The van der Waals surface area contributed by atoms with Gasteiger partial charge in [0.1, 0.15) is 5.75 Å². The van der Waals surface area contributed by atoms with Gasteiger partial charge >= 0.3 is 0 Å². The van der Waals surface area contributed by atoms with Gasteiger partial charge in [0.2, 0.25) is 0 Å². The average molecular weight is 376 g/mol. The molecule has 0 aliphatic carbocycles. The number of ether oxygens (including phenoxy) is 1. The molecular weight excluding hydrogens is 358 g/mol. The molecule has 5 heteroatoms. The lowest BCUT2D eigenvalue weighted by atomic mass is 10.0. The van der Waals surface area contributed by atoms with Gasteiger partial charge in [-0.25, -0.2) is 0 Å². The molecule has 0 heterocycles. The summed E-state index contributed by atoms with van der Waals surface area (Å²) >= 11 is 3.35. The van der Waals surface area contributed by atoms with Crippen LogP contribution in [-0.2, 0) is 11.2 Å². The highest BCUT2D eigenvalue weighted by atomic mass is 79.9. The molecule has 4 nitrogen and oxygen atoms in total. The van der Waals surface area contributed by atoms with E-state index >= 15 is 0 Å². The molecule has 0 spiro atoms. The van der Waals surface area contributed by atoms with Crippen molar-refractivity contribution in [2.75, 3.05) is 7.11 Å². The van der Waals surface area contributed by atoms with Crippen LogP contribution in [0.1, 0.15) is 22.8 Å². The fourth-order valence-corrected chi connectivity index (χ4v) is 2.60. The summed E-state index contributed by atoms with van der Waals surface area (Å²) < 4.78 is 5.96. The molecule has 1 atom stereocenters. The number of methoxy groups -OCH3 is 1. The van der Waals surface area contributed by atoms with Crippen LogP contribution in [0.2, 0.25) is 0 Å². The molecule has 0 saturated heterocycles. The summed E-state index contributed by atoms with van der Waals surface area (Å²) in [6, 6.07) is 14.1. The first-order valence-electron chi connectivity index (χ1n) is 7.20. The Hall–Kier alpha value is -2.14. The standard InChI is InChI=1S/C18H18BrNO3/c1-12(21)16(10-13-6-4-3-5-7-13)20-18(22)14-8-9-15(19)17(11-14)23-2/h3-9,11,16H,10H2,1-2H3,(H,20,22)/t16-/m0/s1. The van der Waals surface area contributed by atoms with E-state index in [4.69, 9.17) is 4.74 Å². The maximum atomic E-state index is 12.4. The Balaban J connectivity index is 2.13. The van der Waals surface area contributed by atoms with Crippen molar-refractivity contribution in [2.24, 2.45) is 0 Å². The minimum absolute atomic E-state index is 0.0775. The van der Waals surface area contributed by atoms with Gasteiger partial charge in [-0.05, 0) is 53.0 Å². The van der Waals surface area contributed by atoms with E-state index in [1.54, 1.807) is 18.2 Å². The van der Waals surface area contributed by atoms with E-state index in [0.717, 1.165) is 10.0 Å². The maximum Gasteiger partial charge on any atom is 0.252 e. The van der Waals surface area contributed by atoms with Crippen LogP contribution in [-0.4, -0.2) is 24.8 Å². The molecule has 1 amide bonds. The van der Waals surface area contributed by atoms with Crippen molar-refractivity contribution in [1.82, 2.24) is 5.32 Å². The predicted octanol–water partition coefficient (Wildman–Crippen LogP) is 3.39. The van der Waals surface area contributed by atoms with Gasteiger partial charge in [-0.1, -0.05) is 30.3 Å². The molecule has 0 aliphatic rings. The Kier molecular flexibility index (Phi) is 5.93. The third-order valence-electron chi connectivity index (χ3n) is 3.49. The number of ketones is 1. The number of rotatable bonds is 6. The minimum atomic E-state index is -0.556. The van der Waals surface area contributed by atoms with Crippen molar-refractivity contribution < 1.29 is 14.3 Å². The molecule has 0 bridgehead atoms. The summed E-state index contributed by atoms with van der Waals surface area (Å²) in [6.07, 6.45) is 0.468. The summed E-state index contributed by atoms with van der Waals surface area (Å²) in [7, 11) is 1.54.